The van der Waals surface area contributed by atoms with Crippen LogP contribution in [0.15, 0.2) is 174 Å². The highest BCUT2D eigenvalue weighted by Gasteiger charge is 2.19. The molecule has 51 heavy (non-hydrogen) atoms. The molecule has 8 aromatic carbocycles. The van der Waals surface area contributed by atoms with Gasteiger partial charge in [-0.25, -0.2) is 4.85 Å². The van der Waals surface area contributed by atoms with Crippen LogP contribution in [-0.4, -0.2) is 0 Å². The molecule has 0 amide bonds. The first kappa shape index (κ1) is 29.8. The molecular formula is C46H28N4O. The quantitative estimate of drug-likeness (QED) is 0.168. The smallest absolute Gasteiger partial charge is 0.187 e. The van der Waals surface area contributed by atoms with E-state index in [4.69, 9.17) is 11.0 Å². The number of furan rings is 1. The van der Waals surface area contributed by atoms with Crippen LogP contribution in [0.4, 0.5) is 39.8 Å². The predicted molar refractivity (Wildman–Crippen MR) is 209 cm³/mol. The van der Waals surface area contributed by atoms with Gasteiger partial charge >= 0.3 is 0 Å². The van der Waals surface area contributed by atoms with Crippen LogP contribution >= 0.6 is 0 Å². The summed E-state index contributed by atoms with van der Waals surface area (Å²) in [6.45, 7) is 7.46. The van der Waals surface area contributed by atoms with Gasteiger partial charge in [0.2, 0.25) is 0 Å². The first-order chi connectivity index (χ1) is 25.1. The van der Waals surface area contributed by atoms with Gasteiger partial charge in [-0.1, -0.05) is 72.8 Å². The average Bonchev–Trinajstić information content (AvgIpc) is 3.56. The highest BCUT2D eigenvalue weighted by atomic mass is 16.3. The topological polar surface area (TPSA) is 47.8 Å². The van der Waals surface area contributed by atoms with E-state index >= 15 is 0 Å². The molecule has 238 valence electrons. The molecule has 5 heteroatoms. The Hall–Kier alpha value is -7.34. The van der Waals surface area contributed by atoms with Gasteiger partial charge in [-0.15, -0.1) is 0 Å². The Morgan fingerprint density at radius 3 is 1.33 bits per heavy atom. The highest BCUT2D eigenvalue weighted by molar-refractivity contribution is 6.07. The molecule has 1 aromatic heterocycles. The molecule has 9 aromatic rings. The van der Waals surface area contributed by atoms with E-state index in [1.807, 2.05) is 54.6 Å². The van der Waals surface area contributed by atoms with Crippen LogP contribution in [0.1, 0.15) is 5.56 Å². The number of hydrogen-bond acceptors (Lipinski definition) is 4. The minimum atomic E-state index is 0.597. The lowest BCUT2D eigenvalue weighted by molar-refractivity contribution is 0.669. The Bertz CT molecular complexity index is 2640. The van der Waals surface area contributed by atoms with Crippen molar-refractivity contribution < 1.29 is 4.42 Å². The normalized spacial score (nSPS) is 11.1. The van der Waals surface area contributed by atoms with Crippen LogP contribution in [0.3, 0.4) is 0 Å². The number of fused-ring (bicyclic) bond motifs is 5. The highest BCUT2D eigenvalue weighted by Crippen LogP contribution is 2.42. The summed E-state index contributed by atoms with van der Waals surface area (Å²) in [6.07, 6.45) is 0. The van der Waals surface area contributed by atoms with Crippen molar-refractivity contribution in [3.63, 3.8) is 0 Å². The van der Waals surface area contributed by atoms with E-state index in [-0.39, 0.29) is 0 Å². The van der Waals surface area contributed by atoms with E-state index < -0.39 is 0 Å². The van der Waals surface area contributed by atoms with E-state index in [0.29, 0.717) is 11.3 Å². The first-order valence-corrected chi connectivity index (χ1v) is 16.7. The molecular weight excluding hydrogens is 625 g/mol. The molecule has 0 saturated heterocycles. The van der Waals surface area contributed by atoms with Crippen LogP contribution in [0.25, 0.3) is 48.3 Å². The van der Waals surface area contributed by atoms with Crippen LogP contribution in [0.5, 0.6) is 0 Å². The largest absolute Gasteiger partial charge is 0.456 e. The van der Waals surface area contributed by atoms with Crippen molar-refractivity contribution in [2.45, 2.75) is 0 Å². The van der Waals surface area contributed by atoms with Gasteiger partial charge in [0.15, 0.2) is 5.69 Å². The van der Waals surface area contributed by atoms with Gasteiger partial charge in [0.1, 0.15) is 11.2 Å². The zero-order chi connectivity index (χ0) is 34.3. The zero-order valence-corrected chi connectivity index (χ0v) is 27.4. The van der Waals surface area contributed by atoms with Crippen LogP contribution < -0.4 is 9.80 Å². The summed E-state index contributed by atoms with van der Waals surface area (Å²) in [5.74, 6) is 0. The number of anilines is 6. The Balaban J connectivity index is 1.17. The minimum Gasteiger partial charge on any atom is -0.456 e. The number of benzene rings is 8. The van der Waals surface area contributed by atoms with Gasteiger partial charge in [-0.3, -0.25) is 0 Å². The third-order valence-electron chi connectivity index (χ3n) is 9.43. The third-order valence-corrected chi connectivity index (χ3v) is 9.43. The molecule has 5 nitrogen and oxygen atoms in total. The summed E-state index contributed by atoms with van der Waals surface area (Å²) in [6, 6.07) is 59.9. The van der Waals surface area contributed by atoms with Gasteiger partial charge in [0.25, 0.3) is 0 Å². The van der Waals surface area contributed by atoms with E-state index in [1.165, 1.54) is 10.8 Å². The van der Waals surface area contributed by atoms with Gasteiger partial charge < -0.3 is 14.2 Å². The number of rotatable bonds is 6. The molecule has 1 heterocycles. The molecule has 0 radical (unpaired) electrons. The van der Waals surface area contributed by atoms with E-state index in [9.17, 15) is 5.26 Å². The summed E-state index contributed by atoms with van der Waals surface area (Å²) in [5, 5.41) is 16.1. The van der Waals surface area contributed by atoms with Crippen molar-refractivity contribution in [3.05, 3.63) is 187 Å². The second-order valence-electron chi connectivity index (χ2n) is 12.5. The van der Waals surface area contributed by atoms with E-state index in [2.05, 4.69) is 136 Å². The summed E-state index contributed by atoms with van der Waals surface area (Å²) in [4.78, 5) is 8.00. The number of nitrogens with zero attached hydrogens (tertiary/aromatic N) is 4. The van der Waals surface area contributed by atoms with Crippen LogP contribution in [-0.2, 0) is 0 Å². The summed E-state index contributed by atoms with van der Waals surface area (Å²) in [7, 11) is 0. The number of nitriles is 1. The maximum absolute atomic E-state index is 9.46. The Morgan fingerprint density at radius 1 is 0.451 bits per heavy atom. The molecule has 0 atom stereocenters. The van der Waals surface area contributed by atoms with Crippen molar-refractivity contribution in [2.75, 3.05) is 9.80 Å². The monoisotopic (exact) mass is 652 g/mol. The second kappa shape index (κ2) is 12.3. The van der Waals surface area contributed by atoms with Gasteiger partial charge in [0.05, 0.1) is 18.2 Å². The second-order valence-corrected chi connectivity index (χ2v) is 12.5. The van der Waals surface area contributed by atoms with Crippen molar-refractivity contribution >= 4 is 83.3 Å². The Labute approximate surface area is 294 Å². The lowest BCUT2D eigenvalue weighted by Crippen LogP contribution is -2.09. The molecule has 9 rings (SSSR count). The van der Waals surface area contributed by atoms with E-state index in [1.54, 1.807) is 0 Å². The molecule has 0 unspecified atom stereocenters. The van der Waals surface area contributed by atoms with Crippen LogP contribution in [0, 0.1) is 17.9 Å². The molecule has 0 aliphatic heterocycles. The standard InChI is InChI=1S/C46H28N4O/c1-48-36-14-20-38(21-15-36)50(40-19-13-33-7-3-5-9-35(33)27-40)42-23-25-44-43-24-22-41(28-45(43)51-46(44)29-42)49(37-16-10-31(30-47)11-17-37)39-18-12-32-6-2-4-8-34(32)26-39/h2-29H. The molecule has 0 spiro atoms. The molecule has 0 aliphatic carbocycles. The van der Waals surface area contributed by atoms with Crippen molar-refractivity contribution in [1.29, 1.82) is 5.26 Å². The average molecular weight is 653 g/mol. The maximum atomic E-state index is 9.46. The molecule has 0 bridgehead atoms. The zero-order valence-electron chi connectivity index (χ0n) is 27.4. The fourth-order valence-corrected chi connectivity index (χ4v) is 6.92. The van der Waals surface area contributed by atoms with Crippen molar-refractivity contribution in [1.82, 2.24) is 0 Å². The van der Waals surface area contributed by atoms with Gasteiger partial charge in [-0.2, -0.15) is 5.26 Å². The predicted octanol–water partition coefficient (Wildman–Crippen LogP) is 13.3. The lowest BCUT2D eigenvalue weighted by Gasteiger charge is -2.26. The molecule has 0 aliphatic rings. The van der Waals surface area contributed by atoms with Crippen molar-refractivity contribution in [2.24, 2.45) is 0 Å². The fraction of sp³-hybridized carbons (Fsp3) is 0. The van der Waals surface area contributed by atoms with E-state index in [0.717, 1.165) is 66.8 Å². The fourth-order valence-electron chi connectivity index (χ4n) is 6.92. The first-order valence-electron chi connectivity index (χ1n) is 16.7. The SMILES string of the molecule is [C-]#[N+]c1ccc(N(c2ccc3ccccc3c2)c2ccc3c(c2)oc2cc(N(c4ccc(C#N)cc4)c4ccc5ccccc5c4)ccc23)cc1. The van der Waals surface area contributed by atoms with Crippen molar-refractivity contribution in [3.8, 4) is 6.07 Å². The molecule has 0 fully saturated rings. The van der Waals surface area contributed by atoms with Gasteiger partial charge in [-0.05, 0) is 106 Å². The summed E-state index contributed by atoms with van der Waals surface area (Å²) in [5.41, 5.74) is 8.56. The summed E-state index contributed by atoms with van der Waals surface area (Å²) < 4.78 is 6.65. The molecule has 0 N–H and O–H groups in total. The van der Waals surface area contributed by atoms with Gasteiger partial charge in [0, 0.05) is 57.0 Å². The number of hydrogen-bond donors (Lipinski definition) is 0. The summed E-state index contributed by atoms with van der Waals surface area (Å²) >= 11 is 0. The third kappa shape index (κ3) is 5.36. The Morgan fingerprint density at radius 2 is 0.863 bits per heavy atom. The maximum Gasteiger partial charge on any atom is 0.187 e. The van der Waals surface area contributed by atoms with Crippen LogP contribution in [0.2, 0.25) is 0 Å². The minimum absolute atomic E-state index is 0.597. The molecule has 0 saturated carbocycles. The lowest BCUT2D eigenvalue weighted by atomic mass is 10.1. The Kier molecular flexibility index (Phi) is 7.17.